The lowest BCUT2D eigenvalue weighted by atomic mass is 10.0. The van der Waals surface area contributed by atoms with Gasteiger partial charge in [-0.15, -0.1) is 0 Å². The number of hydrogen-bond acceptors (Lipinski definition) is 3. The van der Waals surface area contributed by atoms with E-state index < -0.39 is 0 Å². The lowest BCUT2D eigenvalue weighted by Crippen LogP contribution is -2.33. The maximum atomic E-state index is 12.3. The van der Waals surface area contributed by atoms with Crippen molar-refractivity contribution in [1.82, 2.24) is 5.32 Å². The fraction of sp³-hybridized carbons (Fsp3) is 0.438. The van der Waals surface area contributed by atoms with E-state index in [9.17, 15) is 4.79 Å². The Kier molecular flexibility index (Phi) is 4.14. The Morgan fingerprint density at radius 1 is 1.30 bits per heavy atom. The minimum atomic E-state index is -0.224. The highest BCUT2D eigenvalue weighted by molar-refractivity contribution is 6.00. The van der Waals surface area contributed by atoms with Crippen molar-refractivity contribution >= 4 is 16.9 Å². The molecule has 2 N–H and O–H groups in total. The third-order valence-corrected chi connectivity index (χ3v) is 3.63. The molecule has 0 fully saturated rings. The SMILES string of the molecule is Cc1ccc(C)c2c(C)c(C(=O)N[C@H](C)CCO)oc12. The molecule has 4 heteroatoms. The van der Waals surface area contributed by atoms with Crippen molar-refractivity contribution in [2.45, 2.75) is 40.2 Å². The van der Waals surface area contributed by atoms with E-state index in [4.69, 9.17) is 9.52 Å². The molecule has 0 bridgehead atoms. The predicted molar refractivity (Wildman–Crippen MR) is 79.1 cm³/mol. The van der Waals surface area contributed by atoms with Crippen molar-refractivity contribution in [3.05, 3.63) is 34.6 Å². The first-order chi connectivity index (χ1) is 9.45. The van der Waals surface area contributed by atoms with Crippen LogP contribution < -0.4 is 5.32 Å². The van der Waals surface area contributed by atoms with Crippen LogP contribution in [0.5, 0.6) is 0 Å². The van der Waals surface area contributed by atoms with E-state index in [2.05, 4.69) is 5.32 Å². The minimum Gasteiger partial charge on any atom is -0.450 e. The maximum absolute atomic E-state index is 12.3. The summed E-state index contributed by atoms with van der Waals surface area (Å²) in [4.78, 5) is 12.3. The van der Waals surface area contributed by atoms with E-state index in [1.165, 1.54) is 0 Å². The zero-order valence-electron chi connectivity index (χ0n) is 12.4. The highest BCUT2D eigenvalue weighted by Crippen LogP contribution is 2.30. The Balaban J connectivity index is 2.41. The van der Waals surface area contributed by atoms with Crippen LogP contribution in [0.3, 0.4) is 0 Å². The molecule has 20 heavy (non-hydrogen) atoms. The molecule has 0 spiro atoms. The lowest BCUT2D eigenvalue weighted by molar-refractivity contribution is 0.0907. The molecule has 0 aliphatic rings. The largest absolute Gasteiger partial charge is 0.450 e. The van der Waals surface area contributed by atoms with Gasteiger partial charge in [0, 0.05) is 23.6 Å². The Morgan fingerprint density at radius 3 is 2.55 bits per heavy atom. The summed E-state index contributed by atoms with van der Waals surface area (Å²) in [6.45, 7) is 7.81. The lowest BCUT2D eigenvalue weighted by Gasteiger charge is -2.11. The number of aliphatic hydroxyl groups excluding tert-OH is 1. The number of hydrogen-bond donors (Lipinski definition) is 2. The second-order valence-electron chi connectivity index (χ2n) is 5.35. The molecule has 1 atom stereocenters. The van der Waals surface area contributed by atoms with Crippen LogP contribution >= 0.6 is 0 Å². The predicted octanol–water partition coefficient (Wildman–Crippen LogP) is 2.86. The van der Waals surface area contributed by atoms with E-state index in [1.807, 2.05) is 39.8 Å². The Labute approximate surface area is 118 Å². The smallest absolute Gasteiger partial charge is 0.287 e. The number of rotatable bonds is 4. The molecule has 1 aromatic heterocycles. The average molecular weight is 275 g/mol. The van der Waals surface area contributed by atoms with Crippen LogP contribution in [0.4, 0.5) is 0 Å². The number of carbonyl (C=O) groups is 1. The van der Waals surface area contributed by atoms with Crippen molar-refractivity contribution < 1.29 is 14.3 Å². The zero-order chi connectivity index (χ0) is 14.9. The van der Waals surface area contributed by atoms with Gasteiger partial charge in [-0.05, 0) is 45.2 Å². The summed E-state index contributed by atoms with van der Waals surface area (Å²) in [5.74, 6) is 0.139. The highest BCUT2D eigenvalue weighted by Gasteiger charge is 2.20. The summed E-state index contributed by atoms with van der Waals surface area (Å²) in [6, 6.07) is 3.95. The fourth-order valence-electron chi connectivity index (χ4n) is 2.45. The summed E-state index contributed by atoms with van der Waals surface area (Å²) in [5, 5.41) is 12.8. The standard InChI is InChI=1S/C16H21NO3/c1-9-5-6-10(2)14-13(9)12(4)15(20-14)16(19)17-11(3)7-8-18/h5-6,11,18H,7-8H2,1-4H3,(H,17,19)/t11-/m1/s1. The van der Waals surface area contributed by atoms with Gasteiger partial charge in [-0.25, -0.2) is 0 Å². The van der Waals surface area contributed by atoms with E-state index in [0.717, 1.165) is 27.7 Å². The molecule has 1 amide bonds. The molecule has 2 rings (SSSR count). The molecule has 2 aromatic rings. The van der Waals surface area contributed by atoms with Crippen molar-refractivity contribution in [2.75, 3.05) is 6.61 Å². The molecule has 108 valence electrons. The zero-order valence-corrected chi connectivity index (χ0v) is 12.4. The molecule has 0 saturated carbocycles. The molecule has 0 aliphatic heterocycles. The molecular formula is C16H21NO3. The topological polar surface area (TPSA) is 62.5 Å². The summed E-state index contributed by atoms with van der Waals surface area (Å²) >= 11 is 0. The van der Waals surface area contributed by atoms with Gasteiger partial charge < -0.3 is 14.8 Å². The van der Waals surface area contributed by atoms with Crippen molar-refractivity contribution in [3.8, 4) is 0 Å². The summed E-state index contributed by atoms with van der Waals surface area (Å²) in [7, 11) is 0. The van der Waals surface area contributed by atoms with Crippen molar-refractivity contribution in [2.24, 2.45) is 0 Å². The van der Waals surface area contributed by atoms with Crippen molar-refractivity contribution in [1.29, 1.82) is 0 Å². The van der Waals surface area contributed by atoms with E-state index >= 15 is 0 Å². The van der Waals surface area contributed by atoms with Crippen LogP contribution in [0.15, 0.2) is 16.5 Å². The number of furan rings is 1. The summed E-state index contributed by atoms with van der Waals surface area (Å²) < 4.78 is 5.78. The van der Waals surface area contributed by atoms with Crippen LogP contribution in [0.2, 0.25) is 0 Å². The van der Waals surface area contributed by atoms with Gasteiger partial charge in [0.05, 0.1) is 0 Å². The van der Waals surface area contributed by atoms with Gasteiger partial charge in [-0.1, -0.05) is 12.1 Å². The summed E-state index contributed by atoms with van der Waals surface area (Å²) in [5.41, 5.74) is 3.78. The van der Waals surface area contributed by atoms with Crippen LogP contribution in [0.25, 0.3) is 11.0 Å². The second kappa shape index (κ2) is 5.67. The first kappa shape index (κ1) is 14.6. The number of carbonyl (C=O) groups excluding carboxylic acids is 1. The first-order valence-corrected chi connectivity index (χ1v) is 6.86. The van der Waals surface area contributed by atoms with Crippen LogP contribution in [-0.2, 0) is 0 Å². The number of amides is 1. The van der Waals surface area contributed by atoms with Gasteiger partial charge in [0.25, 0.3) is 5.91 Å². The molecule has 1 aromatic carbocycles. The third kappa shape index (κ3) is 2.56. The number of aliphatic hydroxyl groups is 1. The van der Waals surface area contributed by atoms with Gasteiger partial charge in [-0.3, -0.25) is 4.79 Å². The van der Waals surface area contributed by atoms with E-state index in [-0.39, 0.29) is 18.6 Å². The molecule has 0 aliphatic carbocycles. The van der Waals surface area contributed by atoms with Crippen LogP contribution in [0, 0.1) is 20.8 Å². The Bertz CT molecular complexity index is 643. The number of nitrogens with one attached hydrogen (secondary N) is 1. The molecule has 4 nitrogen and oxygen atoms in total. The van der Waals surface area contributed by atoms with E-state index in [0.29, 0.717) is 12.2 Å². The fourth-order valence-corrected chi connectivity index (χ4v) is 2.45. The van der Waals surface area contributed by atoms with Crippen LogP contribution in [0.1, 0.15) is 40.6 Å². The number of fused-ring (bicyclic) bond motifs is 1. The van der Waals surface area contributed by atoms with Crippen LogP contribution in [-0.4, -0.2) is 23.7 Å². The number of aryl methyl sites for hydroxylation is 3. The van der Waals surface area contributed by atoms with Gasteiger partial charge in [0.2, 0.25) is 0 Å². The highest BCUT2D eigenvalue weighted by atomic mass is 16.3. The molecular weight excluding hydrogens is 254 g/mol. The van der Waals surface area contributed by atoms with E-state index in [1.54, 1.807) is 0 Å². The van der Waals surface area contributed by atoms with Gasteiger partial charge in [-0.2, -0.15) is 0 Å². The average Bonchev–Trinajstić information content (AvgIpc) is 2.73. The first-order valence-electron chi connectivity index (χ1n) is 6.86. The Morgan fingerprint density at radius 2 is 1.95 bits per heavy atom. The molecule has 1 heterocycles. The minimum absolute atomic E-state index is 0.0543. The second-order valence-corrected chi connectivity index (χ2v) is 5.35. The number of benzene rings is 1. The molecule has 0 saturated heterocycles. The molecule has 0 unspecified atom stereocenters. The Hall–Kier alpha value is -1.81. The quantitative estimate of drug-likeness (QED) is 0.902. The van der Waals surface area contributed by atoms with Crippen molar-refractivity contribution in [3.63, 3.8) is 0 Å². The van der Waals surface area contributed by atoms with Gasteiger partial charge >= 0.3 is 0 Å². The normalized spacial score (nSPS) is 12.7. The monoisotopic (exact) mass is 275 g/mol. The summed E-state index contributed by atoms with van der Waals surface area (Å²) in [6.07, 6.45) is 0.531. The van der Waals surface area contributed by atoms with Gasteiger partial charge in [0.1, 0.15) is 5.58 Å². The third-order valence-electron chi connectivity index (χ3n) is 3.63. The molecule has 0 radical (unpaired) electrons. The van der Waals surface area contributed by atoms with Gasteiger partial charge in [0.15, 0.2) is 5.76 Å². The maximum Gasteiger partial charge on any atom is 0.287 e.